The normalized spacial score (nSPS) is 15.7. The molecule has 0 unspecified atom stereocenters. The number of nitrogens with zero attached hydrogens (tertiary/aromatic N) is 2. The lowest BCUT2D eigenvalue weighted by Crippen LogP contribution is -2.25. The van der Waals surface area contributed by atoms with E-state index in [9.17, 15) is 8.78 Å². The largest absolute Gasteiger partial charge is 0.495 e. The van der Waals surface area contributed by atoms with Gasteiger partial charge in [-0.15, -0.1) is 0 Å². The lowest BCUT2D eigenvalue weighted by molar-refractivity contribution is -0.0121. The van der Waals surface area contributed by atoms with E-state index in [1.807, 2.05) is 0 Å². The van der Waals surface area contributed by atoms with Crippen molar-refractivity contribution in [2.75, 3.05) is 12.4 Å². The molecule has 0 bridgehead atoms. The second-order valence-electron chi connectivity index (χ2n) is 6.15. The first-order valence-electron chi connectivity index (χ1n) is 7.90. The Kier molecular flexibility index (Phi) is 4.16. The van der Waals surface area contributed by atoms with Gasteiger partial charge < -0.3 is 15.0 Å². The summed E-state index contributed by atoms with van der Waals surface area (Å²) in [6.45, 7) is 0. The lowest BCUT2D eigenvalue weighted by Gasteiger charge is -2.22. The molecule has 1 aliphatic carbocycles. The molecule has 136 valence electrons. The minimum Gasteiger partial charge on any atom is -0.495 e. The van der Waals surface area contributed by atoms with Gasteiger partial charge in [0.1, 0.15) is 23.5 Å². The van der Waals surface area contributed by atoms with E-state index in [-0.39, 0.29) is 19.3 Å². The topological polar surface area (TPSA) is 62.8 Å². The second-order valence-corrected chi connectivity index (χ2v) is 6.97. The highest BCUT2D eigenvalue weighted by Crippen LogP contribution is 2.40. The van der Waals surface area contributed by atoms with Gasteiger partial charge in [0.25, 0.3) is 5.92 Å². The van der Waals surface area contributed by atoms with Crippen LogP contribution in [0, 0.1) is 0 Å². The standard InChI is InChI=1S/C17H14Cl2F2N4O/c1-26-13-5-10(19)9(18)4-12(13)25-16-14-8-6-17(20,21)3-2-11(8)24-15(14)22-7-23-16/h4-5,7H,2-3,6H2,1H3,(H2,22,23,24,25). The molecule has 0 saturated heterocycles. The molecule has 0 saturated carbocycles. The second kappa shape index (κ2) is 6.25. The maximum Gasteiger partial charge on any atom is 0.252 e. The number of nitrogens with one attached hydrogen (secondary N) is 2. The Morgan fingerprint density at radius 3 is 2.77 bits per heavy atom. The monoisotopic (exact) mass is 398 g/mol. The molecule has 3 aromatic rings. The van der Waals surface area contributed by atoms with E-state index in [4.69, 9.17) is 27.9 Å². The summed E-state index contributed by atoms with van der Waals surface area (Å²) in [5, 5.41) is 4.35. The molecule has 1 aromatic carbocycles. The lowest BCUT2D eigenvalue weighted by atomic mass is 9.93. The minimum absolute atomic E-state index is 0.177. The van der Waals surface area contributed by atoms with Crippen molar-refractivity contribution in [2.45, 2.75) is 25.2 Å². The highest BCUT2D eigenvalue weighted by Gasteiger charge is 2.36. The number of benzene rings is 1. The number of aromatic amines is 1. The summed E-state index contributed by atoms with van der Waals surface area (Å²) in [4.78, 5) is 11.5. The Morgan fingerprint density at radius 1 is 1.23 bits per heavy atom. The fraction of sp³-hybridized carbons (Fsp3) is 0.294. The average Bonchev–Trinajstić information content (AvgIpc) is 2.95. The number of H-pyrrole nitrogens is 1. The molecule has 4 rings (SSSR count). The van der Waals surface area contributed by atoms with Crippen LogP contribution in [0.1, 0.15) is 17.7 Å². The zero-order valence-electron chi connectivity index (χ0n) is 13.7. The van der Waals surface area contributed by atoms with Crippen molar-refractivity contribution < 1.29 is 13.5 Å². The average molecular weight is 399 g/mol. The molecule has 0 fully saturated rings. The summed E-state index contributed by atoms with van der Waals surface area (Å²) < 4.78 is 33.2. The first-order valence-corrected chi connectivity index (χ1v) is 8.66. The van der Waals surface area contributed by atoms with E-state index < -0.39 is 5.92 Å². The third-order valence-corrected chi connectivity index (χ3v) is 5.18. The van der Waals surface area contributed by atoms with Crippen molar-refractivity contribution in [3.05, 3.63) is 39.8 Å². The van der Waals surface area contributed by atoms with E-state index in [0.29, 0.717) is 43.9 Å². The zero-order chi connectivity index (χ0) is 18.5. The van der Waals surface area contributed by atoms with E-state index in [1.54, 1.807) is 12.1 Å². The molecule has 0 spiro atoms. The summed E-state index contributed by atoms with van der Waals surface area (Å²) >= 11 is 12.1. The molecule has 0 radical (unpaired) electrons. The maximum atomic E-state index is 13.9. The smallest absolute Gasteiger partial charge is 0.252 e. The fourth-order valence-corrected chi connectivity index (χ4v) is 3.53. The van der Waals surface area contributed by atoms with Gasteiger partial charge in [-0.1, -0.05) is 23.2 Å². The Hall–Kier alpha value is -2.12. The molecule has 26 heavy (non-hydrogen) atoms. The van der Waals surface area contributed by atoms with Gasteiger partial charge in [-0.2, -0.15) is 0 Å². The number of fused-ring (bicyclic) bond motifs is 3. The van der Waals surface area contributed by atoms with E-state index in [1.165, 1.54) is 13.4 Å². The number of hydrogen-bond donors (Lipinski definition) is 2. The van der Waals surface area contributed by atoms with Crippen LogP contribution >= 0.6 is 23.2 Å². The van der Waals surface area contributed by atoms with Crippen molar-refractivity contribution in [3.63, 3.8) is 0 Å². The van der Waals surface area contributed by atoms with E-state index in [0.717, 1.165) is 5.69 Å². The molecule has 0 atom stereocenters. The molecular weight excluding hydrogens is 385 g/mol. The highest BCUT2D eigenvalue weighted by atomic mass is 35.5. The number of aromatic nitrogens is 3. The van der Waals surface area contributed by atoms with Crippen LogP contribution < -0.4 is 10.1 Å². The van der Waals surface area contributed by atoms with Crippen molar-refractivity contribution in [3.8, 4) is 5.75 Å². The summed E-state index contributed by atoms with van der Waals surface area (Å²) in [7, 11) is 1.50. The number of ether oxygens (including phenoxy) is 1. The molecule has 2 aromatic heterocycles. The van der Waals surface area contributed by atoms with Gasteiger partial charge in [0.15, 0.2) is 0 Å². The van der Waals surface area contributed by atoms with Crippen LogP contribution in [0.3, 0.4) is 0 Å². The quantitative estimate of drug-likeness (QED) is 0.640. The van der Waals surface area contributed by atoms with Gasteiger partial charge in [0.2, 0.25) is 0 Å². The van der Waals surface area contributed by atoms with Crippen LogP contribution in [0.25, 0.3) is 11.0 Å². The minimum atomic E-state index is -2.74. The summed E-state index contributed by atoms with van der Waals surface area (Å²) in [6, 6.07) is 3.18. The summed E-state index contributed by atoms with van der Waals surface area (Å²) in [5.74, 6) is -1.88. The fourth-order valence-electron chi connectivity index (χ4n) is 3.22. The molecule has 2 heterocycles. The Labute approximate surface area is 157 Å². The van der Waals surface area contributed by atoms with Crippen molar-refractivity contribution in [1.29, 1.82) is 0 Å². The van der Waals surface area contributed by atoms with Crippen molar-refractivity contribution >= 4 is 45.7 Å². The van der Waals surface area contributed by atoms with Gasteiger partial charge in [0.05, 0.1) is 28.2 Å². The molecule has 5 nitrogen and oxygen atoms in total. The van der Waals surface area contributed by atoms with Gasteiger partial charge in [-0.25, -0.2) is 18.7 Å². The van der Waals surface area contributed by atoms with Gasteiger partial charge >= 0.3 is 0 Å². The number of halogens is 4. The van der Waals surface area contributed by atoms with Gasteiger partial charge in [-0.05, 0) is 18.1 Å². The van der Waals surface area contributed by atoms with Crippen LogP contribution in [0.2, 0.25) is 10.0 Å². The van der Waals surface area contributed by atoms with Crippen LogP contribution in [0.15, 0.2) is 18.5 Å². The van der Waals surface area contributed by atoms with Crippen molar-refractivity contribution in [2.24, 2.45) is 0 Å². The number of methoxy groups -OCH3 is 1. The molecule has 2 N–H and O–H groups in total. The Morgan fingerprint density at radius 2 is 2.00 bits per heavy atom. The first-order chi connectivity index (χ1) is 12.4. The third-order valence-electron chi connectivity index (χ3n) is 4.45. The van der Waals surface area contributed by atoms with Crippen LogP contribution in [-0.4, -0.2) is 28.0 Å². The SMILES string of the molecule is COc1cc(Cl)c(Cl)cc1Nc1ncnc2[nH]c3c(c12)CC(F)(F)CC3. The molecular formula is C17H14Cl2F2N4O. The van der Waals surface area contributed by atoms with E-state index >= 15 is 0 Å². The van der Waals surface area contributed by atoms with Crippen LogP contribution in [0.5, 0.6) is 5.75 Å². The first kappa shape index (κ1) is 17.3. The predicted molar refractivity (Wildman–Crippen MR) is 97.2 cm³/mol. The number of alkyl halides is 2. The Balaban J connectivity index is 1.84. The van der Waals surface area contributed by atoms with Gasteiger partial charge in [-0.3, -0.25) is 0 Å². The molecule has 0 amide bonds. The third kappa shape index (κ3) is 2.95. The number of hydrogen-bond acceptors (Lipinski definition) is 4. The number of anilines is 2. The maximum absolute atomic E-state index is 13.9. The number of rotatable bonds is 3. The zero-order valence-corrected chi connectivity index (χ0v) is 15.2. The molecule has 1 aliphatic rings. The molecule has 0 aliphatic heterocycles. The van der Waals surface area contributed by atoms with E-state index in [2.05, 4.69) is 20.3 Å². The number of aryl methyl sites for hydroxylation is 1. The van der Waals surface area contributed by atoms with Crippen molar-refractivity contribution in [1.82, 2.24) is 15.0 Å². The predicted octanol–water partition coefficient (Wildman–Crippen LogP) is 5.14. The summed E-state index contributed by atoms with van der Waals surface area (Å²) in [5.41, 5.74) is 2.36. The van der Waals surface area contributed by atoms with Gasteiger partial charge in [0, 0.05) is 24.6 Å². The summed E-state index contributed by atoms with van der Waals surface area (Å²) in [6.07, 6.45) is 1.12. The molecule has 9 heteroatoms. The Bertz CT molecular complexity index is 1010. The van der Waals surface area contributed by atoms with Crippen LogP contribution in [0.4, 0.5) is 20.3 Å². The van der Waals surface area contributed by atoms with Crippen LogP contribution in [-0.2, 0) is 12.8 Å². The highest BCUT2D eigenvalue weighted by molar-refractivity contribution is 6.42.